The zero-order valence-corrected chi connectivity index (χ0v) is 25.9. The maximum Gasteiger partial charge on any atom is 0.145 e. The Hall–Kier alpha value is -6.40. The van der Waals surface area contributed by atoms with Gasteiger partial charge in [0.25, 0.3) is 0 Å². The SMILES string of the molecule is c1ccc(-c2cccc(C3N=c4ccccc4=C(c4ccc5c(c4)C(c4ccccn4)(c4ccccn4)c4ccccc4O5)N3)c2)nc1. The van der Waals surface area contributed by atoms with E-state index in [1.54, 1.807) is 0 Å². The first-order valence-electron chi connectivity index (χ1n) is 16.0. The fraction of sp³-hybridized carbons (Fsp3) is 0.0476. The van der Waals surface area contributed by atoms with Crippen LogP contribution in [-0.4, -0.2) is 15.0 Å². The van der Waals surface area contributed by atoms with E-state index in [0.29, 0.717) is 0 Å². The van der Waals surface area contributed by atoms with Crippen LogP contribution in [0.5, 0.6) is 11.5 Å². The third-order valence-electron chi connectivity index (χ3n) is 9.17. The molecule has 0 radical (unpaired) electrons. The van der Waals surface area contributed by atoms with Gasteiger partial charge >= 0.3 is 0 Å². The molecule has 0 amide bonds. The third-order valence-corrected chi connectivity index (χ3v) is 9.17. The van der Waals surface area contributed by atoms with Crippen LogP contribution in [0.4, 0.5) is 0 Å². The number of benzene rings is 4. The third kappa shape index (κ3) is 4.49. The number of fused-ring (bicyclic) bond motifs is 3. The molecule has 2 aliphatic heterocycles. The summed E-state index contributed by atoms with van der Waals surface area (Å²) in [4.78, 5) is 19.7. The second kappa shape index (κ2) is 11.4. The Labute approximate surface area is 277 Å². The molecular weight excluding hydrogens is 590 g/mol. The van der Waals surface area contributed by atoms with Crippen LogP contribution in [0.15, 0.2) is 169 Å². The Bertz CT molecular complexity index is 2370. The number of para-hydroxylation sites is 2. The molecule has 0 spiro atoms. The molecule has 48 heavy (non-hydrogen) atoms. The Balaban J connectivity index is 1.25. The van der Waals surface area contributed by atoms with Crippen LogP contribution in [0.3, 0.4) is 0 Å². The standard InChI is InChI=1S/C42H29N5O/c1-3-17-35-31(14-1)40(47-41(46-35)30-13-11-12-28(26-30)34-16-5-8-23-43-34)29-21-22-37-33(27-29)42(38-19-6-9-24-44-38,39-20-7-10-25-45-39)32-15-2-4-18-36(32)48-37/h1-27,41,47H. The van der Waals surface area contributed by atoms with Crippen LogP contribution in [0, 0.1) is 0 Å². The lowest BCUT2D eigenvalue weighted by Crippen LogP contribution is -2.40. The van der Waals surface area contributed by atoms with Crippen LogP contribution < -0.4 is 20.6 Å². The van der Waals surface area contributed by atoms with Gasteiger partial charge in [0, 0.05) is 40.5 Å². The number of nitrogens with one attached hydrogen (secondary N) is 1. The summed E-state index contributed by atoms with van der Waals surface area (Å²) in [5.41, 5.74) is 7.92. The number of hydrogen-bond acceptors (Lipinski definition) is 6. The fourth-order valence-corrected chi connectivity index (χ4v) is 7.03. The van der Waals surface area contributed by atoms with E-state index < -0.39 is 5.41 Å². The lowest BCUT2D eigenvalue weighted by Gasteiger charge is -2.40. The number of rotatable bonds is 5. The van der Waals surface area contributed by atoms with Crippen LogP contribution >= 0.6 is 0 Å². The van der Waals surface area contributed by atoms with Gasteiger partial charge in [-0.3, -0.25) is 19.9 Å². The quantitative estimate of drug-likeness (QED) is 0.223. The summed E-state index contributed by atoms with van der Waals surface area (Å²) in [5, 5.41) is 5.78. The second-order valence-electron chi connectivity index (χ2n) is 11.9. The van der Waals surface area contributed by atoms with Crippen molar-refractivity contribution < 1.29 is 4.74 Å². The minimum Gasteiger partial charge on any atom is -0.457 e. The van der Waals surface area contributed by atoms with Crippen molar-refractivity contribution in [2.24, 2.45) is 4.99 Å². The van der Waals surface area contributed by atoms with Gasteiger partial charge in [0.2, 0.25) is 0 Å². The highest BCUT2D eigenvalue weighted by Gasteiger charge is 2.47. The van der Waals surface area contributed by atoms with Gasteiger partial charge in [-0.1, -0.05) is 72.8 Å². The van der Waals surface area contributed by atoms with E-state index in [4.69, 9.17) is 19.7 Å². The molecule has 7 aromatic rings. The molecule has 6 nitrogen and oxygen atoms in total. The number of nitrogens with zero attached hydrogens (tertiary/aromatic N) is 4. The first-order chi connectivity index (χ1) is 23.8. The van der Waals surface area contributed by atoms with E-state index in [2.05, 4.69) is 95.2 Å². The van der Waals surface area contributed by atoms with Gasteiger partial charge in [0.15, 0.2) is 0 Å². The zero-order chi connectivity index (χ0) is 31.9. The predicted octanol–water partition coefficient (Wildman–Crippen LogP) is 7.11. The maximum absolute atomic E-state index is 6.62. The first-order valence-corrected chi connectivity index (χ1v) is 16.0. The number of aromatic nitrogens is 3. The highest BCUT2D eigenvalue weighted by molar-refractivity contribution is 5.73. The van der Waals surface area contributed by atoms with E-state index in [1.807, 2.05) is 79.3 Å². The van der Waals surface area contributed by atoms with E-state index in [0.717, 1.165) is 72.7 Å². The molecule has 0 bridgehead atoms. The Morgan fingerprint density at radius 1 is 0.542 bits per heavy atom. The molecule has 9 rings (SSSR count). The summed E-state index contributed by atoms with van der Waals surface area (Å²) < 4.78 is 6.62. The highest BCUT2D eigenvalue weighted by Crippen LogP contribution is 2.54. The normalized spacial score (nSPS) is 15.5. The average Bonchev–Trinajstić information content (AvgIpc) is 3.17. The summed E-state index contributed by atoms with van der Waals surface area (Å²) >= 11 is 0. The summed E-state index contributed by atoms with van der Waals surface area (Å²) in [5.74, 6) is 1.55. The molecule has 1 unspecified atom stereocenters. The fourth-order valence-electron chi connectivity index (χ4n) is 7.03. The Kier molecular flexibility index (Phi) is 6.64. The van der Waals surface area contributed by atoms with Crippen LogP contribution in [0.1, 0.15) is 39.8 Å². The highest BCUT2D eigenvalue weighted by atomic mass is 16.5. The van der Waals surface area contributed by atoms with E-state index in [-0.39, 0.29) is 6.17 Å². The van der Waals surface area contributed by atoms with Crippen molar-refractivity contribution in [3.8, 4) is 22.8 Å². The minimum absolute atomic E-state index is 0.303. The van der Waals surface area contributed by atoms with E-state index >= 15 is 0 Å². The van der Waals surface area contributed by atoms with Gasteiger partial charge < -0.3 is 10.1 Å². The van der Waals surface area contributed by atoms with Crippen molar-refractivity contribution in [3.05, 3.63) is 208 Å². The molecule has 1 atom stereocenters. The summed E-state index contributed by atoms with van der Waals surface area (Å²) in [6.45, 7) is 0. The largest absolute Gasteiger partial charge is 0.457 e. The molecule has 6 heteroatoms. The molecule has 0 saturated carbocycles. The van der Waals surface area contributed by atoms with Crippen molar-refractivity contribution >= 4 is 5.70 Å². The molecule has 3 aromatic heterocycles. The predicted molar refractivity (Wildman–Crippen MR) is 186 cm³/mol. The summed E-state index contributed by atoms with van der Waals surface area (Å²) in [6, 6.07) is 49.5. The van der Waals surface area contributed by atoms with Crippen molar-refractivity contribution in [1.29, 1.82) is 0 Å². The summed E-state index contributed by atoms with van der Waals surface area (Å²) in [7, 11) is 0. The van der Waals surface area contributed by atoms with Crippen LogP contribution in [0.25, 0.3) is 17.0 Å². The zero-order valence-electron chi connectivity index (χ0n) is 25.9. The molecule has 2 aliphatic rings. The Morgan fingerprint density at radius 2 is 1.25 bits per heavy atom. The first kappa shape index (κ1) is 27.9. The van der Waals surface area contributed by atoms with Gasteiger partial charge in [-0.15, -0.1) is 0 Å². The van der Waals surface area contributed by atoms with Gasteiger partial charge in [-0.25, -0.2) is 0 Å². The number of ether oxygens (including phenoxy) is 1. The maximum atomic E-state index is 6.62. The van der Waals surface area contributed by atoms with Crippen molar-refractivity contribution in [1.82, 2.24) is 20.3 Å². The van der Waals surface area contributed by atoms with Crippen LogP contribution in [0.2, 0.25) is 0 Å². The number of hydrogen-bond donors (Lipinski definition) is 1. The molecule has 0 fully saturated rings. The van der Waals surface area contributed by atoms with Gasteiger partial charge in [0.1, 0.15) is 23.1 Å². The van der Waals surface area contributed by atoms with Crippen LogP contribution in [-0.2, 0) is 5.41 Å². The Morgan fingerprint density at radius 3 is 2.02 bits per heavy atom. The monoisotopic (exact) mass is 619 g/mol. The van der Waals surface area contributed by atoms with Crippen molar-refractivity contribution in [2.75, 3.05) is 0 Å². The smallest absolute Gasteiger partial charge is 0.145 e. The van der Waals surface area contributed by atoms with Gasteiger partial charge in [-0.2, -0.15) is 0 Å². The molecule has 4 aromatic carbocycles. The molecule has 5 heterocycles. The average molecular weight is 620 g/mol. The molecule has 1 N–H and O–H groups in total. The van der Waals surface area contributed by atoms with Crippen molar-refractivity contribution in [2.45, 2.75) is 11.6 Å². The number of pyridine rings is 3. The molecule has 228 valence electrons. The minimum atomic E-state index is -0.821. The lowest BCUT2D eigenvalue weighted by atomic mass is 9.67. The lowest BCUT2D eigenvalue weighted by molar-refractivity contribution is 0.429. The molecule has 0 aliphatic carbocycles. The topological polar surface area (TPSA) is 72.3 Å². The van der Waals surface area contributed by atoms with Gasteiger partial charge in [0.05, 0.1) is 28.1 Å². The molecule has 0 saturated heterocycles. The summed E-state index contributed by atoms with van der Waals surface area (Å²) in [6.07, 6.45) is 5.21. The van der Waals surface area contributed by atoms with E-state index in [9.17, 15) is 0 Å². The van der Waals surface area contributed by atoms with Crippen molar-refractivity contribution in [3.63, 3.8) is 0 Å². The van der Waals surface area contributed by atoms with Gasteiger partial charge in [-0.05, 0) is 83.9 Å². The molecular formula is C42H29N5O. The van der Waals surface area contributed by atoms with E-state index in [1.165, 1.54) is 0 Å². The second-order valence-corrected chi connectivity index (χ2v) is 11.9.